The molecule has 1 saturated heterocycles. The second-order valence-electron chi connectivity index (χ2n) is 13.7. The van der Waals surface area contributed by atoms with Crippen LogP contribution in [0.5, 0.6) is 0 Å². The maximum atomic E-state index is 13.0. The Morgan fingerprint density at radius 2 is 1.62 bits per heavy atom. The van der Waals surface area contributed by atoms with E-state index in [9.17, 15) is 24.9 Å². The molecule has 53 heavy (non-hydrogen) atoms. The number of nitriles is 1. The molecule has 14 nitrogen and oxygen atoms in total. The molecule has 15 heteroatoms. The second kappa shape index (κ2) is 22.4. The topological polar surface area (TPSA) is 204 Å². The number of aliphatic hydroxyl groups excluding tert-OH is 2. The summed E-state index contributed by atoms with van der Waals surface area (Å²) in [5.74, 6) is 0.141. The van der Waals surface area contributed by atoms with Crippen molar-refractivity contribution >= 4 is 19.2 Å². The fraction of sp³-hybridized carbons (Fsp3) is 0.658. The minimum Gasteiger partial charge on any atom is -0.387 e. The Morgan fingerprint density at radius 3 is 2.30 bits per heavy atom. The van der Waals surface area contributed by atoms with Gasteiger partial charge in [0.1, 0.15) is 36.2 Å². The van der Waals surface area contributed by atoms with Crippen molar-refractivity contribution in [2.75, 3.05) is 32.2 Å². The van der Waals surface area contributed by atoms with Crippen molar-refractivity contribution in [1.82, 2.24) is 14.6 Å². The van der Waals surface area contributed by atoms with E-state index in [4.69, 9.17) is 29.0 Å². The van der Waals surface area contributed by atoms with Gasteiger partial charge >= 0.3 is 7.82 Å². The number of anilines is 1. The van der Waals surface area contributed by atoms with Crippen LogP contribution in [0, 0.1) is 11.3 Å². The number of hydrogen-bond acceptors (Lipinski definition) is 12. The van der Waals surface area contributed by atoms with E-state index >= 15 is 0 Å². The Hall–Kier alpha value is -2.96. The van der Waals surface area contributed by atoms with Crippen LogP contribution in [0.4, 0.5) is 5.82 Å². The van der Waals surface area contributed by atoms with E-state index in [0.29, 0.717) is 18.5 Å². The van der Waals surface area contributed by atoms with E-state index in [1.807, 2.05) is 36.4 Å². The normalized spacial score (nSPS) is 21.8. The molecular weight excluding hydrogens is 701 g/mol. The smallest absolute Gasteiger partial charge is 0.387 e. The standard InChI is InChI=1S/C38H58N5O9P/c1-2-3-4-5-10-16-23-48-24-17-11-8-6-7-9-15-20-31(49-25-30-18-13-12-14-19-30)26-50-53(46,47)51-27-33-35(44)36(45)38(28-39,52-33)34-22-21-32-37(40)41-29-42-43(32)34/h12-14,18-19,21-22,29,31,33,35-36,44-45H,2-11,15-17,20,23-27H2,1H3,(H,46,47)(H2,40,41,42)/t31-,33-,35+,36?,38+/m1/s1. The maximum absolute atomic E-state index is 13.0. The number of fused-ring (bicyclic) bond motifs is 1. The van der Waals surface area contributed by atoms with Crippen LogP contribution < -0.4 is 5.73 Å². The molecule has 2 aromatic heterocycles. The summed E-state index contributed by atoms with van der Waals surface area (Å²) in [7, 11) is -4.66. The van der Waals surface area contributed by atoms with E-state index in [1.54, 1.807) is 6.07 Å². The molecule has 0 radical (unpaired) electrons. The number of hydrogen-bond donors (Lipinski definition) is 4. The van der Waals surface area contributed by atoms with Crippen molar-refractivity contribution in [3.63, 3.8) is 0 Å². The summed E-state index contributed by atoms with van der Waals surface area (Å²) in [6.45, 7) is 3.41. The monoisotopic (exact) mass is 759 g/mol. The van der Waals surface area contributed by atoms with Gasteiger partial charge in [-0.25, -0.2) is 14.1 Å². The van der Waals surface area contributed by atoms with E-state index < -0.39 is 44.4 Å². The van der Waals surface area contributed by atoms with Crippen LogP contribution in [0.1, 0.15) is 108 Å². The highest BCUT2D eigenvalue weighted by Gasteiger charge is 2.58. The number of nitrogens with two attached hydrogens (primary N) is 1. The van der Waals surface area contributed by atoms with Crippen LogP contribution >= 0.6 is 7.82 Å². The number of ether oxygens (including phenoxy) is 3. The number of rotatable bonds is 27. The third-order valence-corrected chi connectivity index (χ3v) is 10.5. The molecule has 0 spiro atoms. The Labute approximate surface area is 313 Å². The van der Waals surface area contributed by atoms with Gasteiger partial charge in [0, 0.05) is 13.2 Å². The second-order valence-corrected chi connectivity index (χ2v) is 15.2. The van der Waals surface area contributed by atoms with E-state index in [1.165, 1.54) is 55.4 Å². The van der Waals surface area contributed by atoms with Gasteiger partial charge in [-0.05, 0) is 37.0 Å². The summed E-state index contributed by atoms with van der Waals surface area (Å²) in [5.41, 5.74) is 5.28. The lowest BCUT2D eigenvalue weighted by Crippen LogP contribution is -2.41. The number of nitrogen functional groups attached to an aromatic ring is 1. The molecule has 4 rings (SSSR count). The predicted molar refractivity (Wildman–Crippen MR) is 199 cm³/mol. The number of aromatic nitrogens is 3. The Balaban J connectivity index is 1.18. The third-order valence-electron chi connectivity index (χ3n) is 9.60. The van der Waals surface area contributed by atoms with Gasteiger partial charge in [0.2, 0.25) is 5.60 Å². The van der Waals surface area contributed by atoms with Gasteiger partial charge in [-0.3, -0.25) is 9.05 Å². The largest absolute Gasteiger partial charge is 0.472 e. The summed E-state index contributed by atoms with van der Waals surface area (Å²) >= 11 is 0. The molecule has 2 unspecified atom stereocenters. The third kappa shape index (κ3) is 13.1. The van der Waals surface area contributed by atoms with Crippen LogP contribution in [-0.4, -0.2) is 80.5 Å². The van der Waals surface area contributed by atoms with Crippen molar-refractivity contribution in [3.8, 4) is 6.07 Å². The summed E-state index contributed by atoms with van der Waals surface area (Å²) in [6.07, 6.45) is 11.8. The average molecular weight is 760 g/mol. The van der Waals surface area contributed by atoms with Crippen LogP contribution in [0.2, 0.25) is 0 Å². The number of benzene rings is 1. The SMILES string of the molecule is CCCCCCCCOCCCCCCCCC[C@H](COP(=O)(O)OC[C@H]1O[C@@](C#N)(c2ccc3c(N)ncnn23)C(O)[C@H]1O)OCc1ccccc1. The van der Waals surface area contributed by atoms with Gasteiger partial charge in [-0.2, -0.15) is 10.4 Å². The highest BCUT2D eigenvalue weighted by Crippen LogP contribution is 2.46. The molecule has 5 N–H and O–H groups in total. The van der Waals surface area contributed by atoms with Gasteiger partial charge < -0.3 is 35.1 Å². The van der Waals surface area contributed by atoms with E-state index in [2.05, 4.69) is 17.0 Å². The molecule has 0 aliphatic carbocycles. The molecule has 0 saturated carbocycles. The minimum absolute atomic E-state index is 0.101. The zero-order valence-electron chi connectivity index (χ0n) is 31.0. The maximum Gasteiger partial charge on any atom is 0.472 e. The van der Waals surface area contributed by atoms with Crippen molar-refractivity contribution in [3.05, 3.63) is 60.0 Å². The highest BCUT2D eigenvalue weighted by atomic mass is 31.2. The van der Waals surface area contributed by atoms with Crippen molar-refractivity contribution < 1.29 is 42.9 Å². The Morgan fingerprint density at radius 1 is 0.962 bits per heavy atom. The molecule has 0 bridgehead atoms. The average Bonchev–Trinajstić information content (AvgIpc) is 3.71. The van der Waals surface area contributed by atoms with Gasteiger partial charge in [0.25, 0.3) is 0 Å². The number of phosphoric ester groups is 1. The fourth-order valence-electron chi connectivity index (χ4n) is 6.48. The molecule has 1 aliphatic heterocycles. The van der Waals surface area contributed by atoms with Crippen LogP contribution in [0.25, 0.3) is 5.52 Å². The zero-order chi connectivity index (χ0) is 37.9. The van der Waals surface area contributed by atoms with Crippen LogP contribution in [0.15, 0.2) is 48.8 Å². The Kier molecular flexibility index (Phi) is 18.1. The summed E-state index contributed by atoms with van der Waals surface area (Å²) in [4.78, 5) is 14.5. The number of nitrogens with zero attached hydrogens (tertiary/aromatic N) is 4. The molecular formula is C38H58N5O9P. The first-order chi connectivity index (χ1) is 25.7. The lowest BCUT2D eigenvalue weighted by atomic mass is 9.92. The van der Waals surface area contributed by atoms with E-state index in [-0.39, 0.29) is 18.1 Å². The van der Waals surface area contributed by atoms with E-state index in [0.717, 1.165) is 63.7 Å². The lowest BCUT2D eigenvalue weighted by molar-refractivity contribution is -0.0658. The lowest BCUT2D eigenvalue weighted by Gasteiger charge is -2.24. The van der Waals surface area contributed by atoms with Gasteiger partial charge in [-0.1, -0.05) is 108 Å². The molecule has 294 valence electrons. The molecule has 3 heterocycles. The van der Waals surface area contributed by atoms with Crippen LogP contribution in [-0.2, 0) is 40.0 Å². The molecule has 1 aliphatic rings. The molecule has 6 atom stereocenters. The molecule has 1 fully saturated rings. The number of phosphoric acid groups is 1. The minimum atomic E-state index is -4.66. The summed E-state index contributed by atoms with van der Waals surface area (Å²) in [6, 6.07) is 14.6. The van der Waals surface area contributed by atoms with Crippen LogP contribution in [0.3, 0.4) is 0 Å². The molecule has 3 aromatic rings. The van der Waals surface area contributed by atoms with Crippen molar-refractivity contribution in [2.24, 2.45) is 0 Å². The van der Waals surface area contributed by atoms with Crippen molar-refractivity contribution in [1.29, 1.82) is 5.26 Å². The Bertz CT molecular complexity index is 1570. The predicted octanol–water partition coefficient (Wildman–Crippen LogP) is 6.37. The summed E-state index contributed by atoms with van der Waals surface area (Å²) < 4.78 is 42.6. The number of unbranched alkanes of at least 4 members (excludes halogenated alkanes) is 11. The first-order valence-electron chi connectivity index (χ1n) is 19.1. The highest BCUT2D eigenvalue weighted by molar-refractivity contribution is 7.47. The van der Waals surface area contributed by atoms with Gasteiger partial charge in [0.15, 0.2) is 5.82 Å². The first kappa shape index (κ1) is 42.8. The zero-order valence-corrected chi connectivity index (χ0v) is 31.9. The molecule has 0 amide bonds. The van der Waals surface area contributed by atoms with Crippen molar-refractivity contribution in [2.45, 2.75) is 133 Å². The first-order valence-corrected chi connectivity index (χ1v) is 20.6. The number of aliphatic hydroxyl groups is 2. The van der Waals surface area contributed by atoms with Gasteiger partial charge in [0.05, 0.1) is 31.6 Å². The fourth-order valence-corrected chi connectivity index (χ4v) is 7.25. The molecule has 1 aromatic carbocycles. The quantitative estimate of drug-likeness (QED) is 0.0494. The van der Waals surface area contributed by atoms with Gasteiger partial charge in [-0.15, -0.1) is 0 Å². The summed E-state index contributed by atoms with van der Waals surface area (Å²) in [5, 5.41) is 36.0.